The minimum atomic E-state index is -3.74. The number of hydrogen-bond donors (Lipinski definition) is 0. The summed E-state index contributed by atoms with van der Waals surface area (Å²) in [7, 11) is -3.74. The predicted octanol–water partition coefficient (Wildman–Crippen LogP) is 4.08. The Labute approximate surface area is 179 Å². The third-order valence-corrected chi connectivity index (χ3v) is 7.98. The molecule has 4 rings (SSSR count). The average molecular weight is 451 g/mol. The number of benzene rings is 2. The van der Waals surface area contributed by atoms with Crippen molar-refractivity contribution in [2.75, 3.05) is 26.3 Å². The number of fused-ring (bicyclic) bond motifs is 1. The van der Waals surface area contributed by atoms with E-state index in [0.29, 0.717) is 42.7 Å². The van der Waals surface area contributed by atoms with Crippen molar-refractivity contribution < 1.29 is 22.8 Å². The maximum Gasteiger partial charge on any atom is 0.284 e. The third-order valence-electron chi connectivity index (χ3n) is 5.03. The van der Waals surface area contributed by atoms with Gasteiger partial charge in [0, 0.05) is 30.5 Å². The van der Waals surface area contributed by atoms with Gasteiger partial charge in [-0.15, -0.1) is 0 Å². The normalized spacial score (nSPS) is 17.3. The fourth-order valence-electron chi connectivity index (χ4n) is 3.48. The van der Waals surface area contributed by atoms with E-state index >= 15 is 0 Å². The highest BCUT2D eigenvalue weighted by molar-refractivity contribution is 7.99. The topological polar surface area (TPSA) is 99.0 Å². The van der Waals surface area contributed by atoms with Gasteiger partial charge in [0.1, 0.15) is 0 Å². The van der Waals surface area contributed by atoms with Gasteiger partial charge in [-0.25, -0.2) is 8.42 Å². The molecule has 2 aromatic carbocycles. The molecule has 0 atom stereocenters. The smallest absolute Gasteiger partial charge is 0.284 e. The maximum atomic E-state index is 12.9. The zero-order chi connectivity index (χ0) is 21.1. The molecule has 0 saturated carbocycles. The van der Waals surface area contributed by atoms with Crippen molar-refractivity contribution in [3.63, 3.8) is 0 Å². The summed E-state index contributed by atoms with van der Waals surface area (Å²) in [4.78, 5) is 12.2. The first-order valence-electron chi connectivity index (χ1n) is 9.81. The molecule has 160 valence electrons. The molecule has 0 unspecified atom stereocenters. The summed E-state index contributed by atoms with van der Waals surface area (Å²) in [5.74, 6) is 1.25. The third kappa shape index (κ3) is 4.40. The van der Waals surface area contributed by atoms with Gasteiger partial charge in [-0.05, 0) is 43.2 Å². The number of nitro benzene ring substituents is 1. The van der Waals surface area contributed by atoms with E-state index in [9.17, 15) is 18.5 Å². The highest BCUT2D eigenvalue weighted by Crippen LogP contribution is 2.40. The molecule has 2 aliphatic heterocycles. The van der Waals surface area contributed by atoms with E-state index < -0.39 is 14.9 Å². The molecule has 0 N–H and O–H groups in total. The van der Waals surface area contributed by atoms with E-state index in [1.165, 1.54) is 28.2 Å². The summed E-state index contributed by atoms with van der Waals surface area (Å²) in [5, 5.41) is 11.7. The van der Waals surface area contributed by atoms with Crippen LogP contribution < -0.4 is 9.47 Å². The Morgan fingerprint density at radius 2 is 1.67 bits per heavy atom. The number of nitrogens with zero attached hydrogens (tertiary/aromatic N) is 2. The lowest BCUT2D eigenvalue weighted by Crippen LogP contribution is -2.35. The van der Waals surface area contributed by atoms with Crippen LogP contribution in [0.1, 0.15) is 25.7 Å². The van der Waals surface area contributed by atoms with Crippen LogP contribution in [-0.4, -0.2) is 43.9 Å². The number of rotatable bonds is 5. The minimum absolute atomic E-state index is 0.0425. The van der Waals surface area contributed by atoms with Crippen molar-refractivity contribution in [2.24, 2.45) is 0 Å². The molecule has 0 aromatic heterocycles. The van der Waals surface area contributed by atoms with Crippen LogP contribution in [0.4, 0.5) is 5.69 Å². The van der Waals surface area contributed by atoms with E-state index in [0.717, 1.165) is 36.6 Å². The van der Waals surface area contributed by atoms with Gasteiger partial charge in [0.2, 0.25) is 10.0 Å². The Morgan fingerprint density at radius 1 is 0.933 bits per heavy atom. The van der Waals surface area contributed by atoms with Crippen molar-refractivity contribution >= 4 is 27.5 Å². The Hall–Kier alpha value is -2.30. The van der Waals surface area contributed by atoms with E-state index in [2.05, 4.69) is 0 Å². The maximum absolute atomic E-state index is 12.9. The zero-order valence-electron chi connectivity index (χ0n) is 16.3. The van der Waals surface area contributed by atoms with Gasteiger partial charge in [-0.2, -0.15) is 4.31 Å². The van der Waals surface area contributed by atoms with Crippen molar-refractivity contribution in [1.82, 2.24) is 4.31 Å². The monoisotopic (exact) mass is 450 g/mol. The summed E-state index contributed by atoms with van der Waals surface area (Å²) in [5.41, 5.74) is -0.231. The van der Waals surface area contributed by atoms with Crippen LogP contribution in [0.3, 0.4) is 0 Å². The van der Waals surface area contributed by atoms with E-state index in [4.69, 9.17) is 9.47 Å². The second kappa shape index (κ2) is 8.83. The van der Waals surface area contributed by atoms with Crippen LogP contribution in [-0.2, 0) is 10.0 Å². The van der Waals surface area contributed by atoms with E-state index in [-0.39, 0.29) is 10.6 Å². The number of nitro groups is 1. The van der Waals surface area contributed by atoms with Gasteiger partial charge in [-0.1, -0.05) is 18.2 Å². The molecule has 8 nitrogen and oxygen atoms in total. The molecule has 0 aliphatic carbocycles. The van der Waals surface area contributed by atoms with Gasteiger partial charge < -0.3 is 9.47 Å². The molecule has 10 heteroatoms. The van der Waals surface area contributed by atoms with Crippen LogP contribution in [0.15, 0.2) is 51.1 Å². The largest absolute Gasteiger partial charge is 0.490 e. The quantitative estimate of drug-likeness (QED) is 0.500. The first-order valence-corrected chi connectivity index (χ1v) is 12.1. The van der Waals surface area contributed by atoms with Gasteiger partial charge in [-0.3, -0.25) is 10.1 Å². The SMILES string of the molecule is O=[N+]([O-])c1cc(S(=O)(=O)N2CCCCC2)ccc1Sc1ccc2c(c1)OCCCO2. The van der Waals surface area contributed by atoms with Crippen LogP contribution in [0.5, 0.6) is 11.5 Å². The molecular weight excluding hydrogens is 428 g/mol. The van der Waals surface area contributed by atoms with Crippen LogP contribution >= 0.6 is 11.8 Å². The molecule has 2 heterocycles. The van der Waals surface area contributed by atoms with Crippen molar-refractivity contribution in [3.8, 4) is 11.5 Å². The number of piperidine rings is 1. The summed E-state index contributed by atoms with van der Waals surface area (Å²) in [6, 6.07) is 9.48. The zero-order valence-corrected chi connectivity index (χ0v) is 17.9. The number of hydrogen-bond acceptors (Lipinski definition) is 7. The van der Waals surface area contributed by atoms with Crippen molar-refractivity contribution in [1.29, 1.82) is 0 Å². The lowest BCUT2D eigenvalue weighted by Gasteiger charge is -2.25. The molecular formula is C20H22N2O6S2. The Morgan fingerprint density at radius 3 is 2.40 bits per heavy atom. The first-order chi connectivity index (χ1) is 14.4. The van der Waals surface area contributed by atoms with Crippen LogP contribution in [0.2, 0.25) is 0 Å². The molecule has 1 fully saturated rings. The highest BCUT2D eigenvalue weighted by atomic mass is 32.2. The molecule has 30 heavy (non-hydrogen) atoms. The average Bonchev–Trinajstić information content (AvgIpc) is 2.99. The Bertz CT molecular complexity index is 1050. The molecule has 1 saturated heterocycles. The van der Waals surface area contributed by atoms with E-state index in [1.807, 2.05) is 0 Å². The fraction of sp³-hybridized carbons (Fsp3) is 0.400. The summed E-state index contributed by atoms with van der Waals surface area (Å²) >= 11 is 1.19. The summed E-state index contributed by atoms with van der Waals surface area (Å²) < 4.78 is 38.5. The fourth-order valence-corrected chi connectivity index (χ4v) is 5.94. The molecule has 0 spiro atoms. The molecule has 2 aromatic rings. The second-order valence-corrected chi connectivity index (χ2v) is 10.2. The Kier molecular flexibility index (Phi) is 6.16. The molecule has 0 bridgehead atoms. The Balaban J connectivity index is 1.63. The second-order valence-electron chi connectivity index (χ2n) is 7.11. The number of ether oxygens (including phenoxy) is 2. The molecule has 2 aliphatic rings. The molecule has 0 radical (unpaired) electrons. The summed E-state index contributed by atoms with van der Waals surface area (Å²) in [6.07, 6.45) is 3.39. The first kappa shape index (κ1) is 21.0. The van der Waals surface area contributed by atoms with Gasteiger partial charge in [0.05, 0.1) is 27.9 Å². The summed E-state index contributed by atoms with van der Waals surface area (Å²) in [6.45, 7) is 2.02. The highest BCUT2D eigenvalue weighted by Gasteiger charge is 2.28. The van der Waals surface area contributed by atoms with Crippen molar-refractivity contribution in [3.05, 3.63) is 46.5 Å². The van der Waals surface area contributed by atoms with Gasteiger partial charge in [0.15, 0.2) is 11.5 Å². The number of sulfonamides is 1. The van der Waals surface area contributed by atoms with Crippen LogP contribution in [0.25, 0.3) is 0 Å². The molecule has 0 amide bonds. The lowest BCUT2D eigenvalue weighted by atomic mass is 10.2. The standard InChI is InChI=1S/C20H22N2O6S2/c23-22(24)17-14-16(30(25,26)21-9-2-1-3-10-21)6-8-20(17)29-15-5-7-18-19(13-15)28-12-4-11-27-18/h5-8,13-14H,1-4,9-12H2. The minimum Gasteiger partial charge on any atom is -0.490 e. The van der Waals surface area contributed by atoms with Gasteiger partial charge >= 0.3 is 0 Å². The van der Waals surface area contributed by atoms with Gasteiger partial charge in [0.25, 0.3) is 5.69 Å². The lowest BCUT2D eigenvalue weighted by molar-refractivity contribution is -0.388. The van der Waals surface area contributed by atoms with E-state index in [1.54, 1.807) is 18.2 Å². The van der Waals surface area contributed by atoms with Crippen LogP contribution in [0, 0.1) is 10.1 Å². The van der Waals surface area contributed by atoms with Crippen molar-refractivity contribution in [2.45, 2.75) is 40.4 Å². The predicted molar refractivity (Wildman–Crippen MR) is 112 cm³/mol.